The van der Waals surface area contributed by atoms with Crippen LogP contribution in [0.3, 0.4) is 0 Å². The van der Waals surface area contributed by atoms with E-state index in [9.17, 15) is 14.0 Å². The smallest absolute Gasteiger partial charge is 0.307 e. The summed E-state index contributed by atoms with van der Waals surface area (Å²) in [5.41, 5.74) is 0.939. The number of para-hydroxylation sites is 1. The number of carbonyl (C=O) groups excluding carboxylic acids is 2. The van der Waals surface area contributed by atoms with Gasteiger partial charge in [0.25, 0.3) is 0 Å². The number of carbonyl (C=O) groups is 2. The topological polar surface area (TPSA) is 76.5 Å². The normalized spacial score (nSPS) is 13.5. The summed E-state index contributed by atoms with van der Waals surface area (Å²) < 4.78 is 20.5. The average molecular weight is 402 g/mol. The second-order valence-corrected chi connectivity index (χ2v) is 7.32. The van der Waals surface area contributed by atoms with Crippen molar-refractivity contribution < 1.29 is 18.7 Å². The Labute approximate surface area is 169 Å². The Morgan fingerprint density at radius 1 is 1.34 bits per heavy atom. The molecule has 0 radical (unpaired) electrons. The second kappa shape index (κ2) is 9.65. The van der Waals surface area contributed by atoms with E-state index in [0.29, 0.717) is 30.6 Å². The number of esters is 1. The maximum Gasteiger partial charge on any atom is 0.307 e. The summed E-state index contributed by atoms with van der Waals surface area (Å²) in [5, 5.41) is 7.13. The van der Waals surface area contributed by atoms with E-state index in [-0.39, 0.29) is 30.5 Å². The molecule has 8 heteroatoms. The zero-order valence-corrected chi connectivity index (χ0v) is 16.9. The third-order valence-electron chi connectivity index (χ3n) is 4.70. The molecule has 1 aliphatic carbocycles. The van der Waals surface area contributed by atoms with E-state index in [0.717, 1.165) is 19.4 Å². The molecule has 7 nitrogen and oxygen atoms in total. The van der Waals surface area contributed by atoms with Crippen molar-refractivity contribution in [1.29, 1.82) is 0 Å². The molecule has 3 rings (SSSR count). The van der Waals surface area contributed by atoms with Crippen LogP contribution in [0.25, 0.3) is 5.69 Å². The third-order valence-corrected chi connectivity index (χ3v) is 4.70. The van der Waals surface area contributed by atoms with Gasteiger partial charge in [-0.2, -0.15) is 5.10 Å². The number of hydrogen-bond donors (Lipinski definition) is 1. The summed E-state index contributed by atoms with van der Waals surface area (Å²) in [5.74, 6) is 0.0791. The van der Waals surface area contributed by atoms with Gasteiger partial charge in [-0.3, -0.25) is 14.5 Å². The molecule has 1 N–H and O–H groups in total. The lowest BCUT2D eigenvalue weighted by Crippen LogP contribution is -2.36. The molecule has 1 aliphatic rings. The zero-order chi connectivity index (χ0) is 20.8. The van der Waals surface area contributed by atoms with Crippen molar-refractivity contribution in [2.45, 2.75) is 33.1 Å². The van der Waals surface area contributed by atoms with Crippen LogP contribution in [0.1, 0.15) is 31.9 Å². The summed E-state index contributed by atoms with van der Waals surface area (Å²) in [6, 6.07) is 7.98. The van der Waals surface area contributed by atoms with Crippen molar-refractivity contribution >= 4 is 17.7 Å². The Morgan fingerprint density at radius 2 is 2.10 bits per heavy atom. The van der Waals surface area contributed by atoms with Gasteiger partial charge in [0.05, 0.1) is 25.3 Å². The van der Waals surface area contributed by atoms with E-state index in [1.165, 1.54) is 10.7 Å². The van der Waals surface area contributed by atoms with Gasteiger partial charge in [0.1, 0.15) is 17.3 Å². The average Bonchev–Trinajstić information content (AvgIpc) is 3.41. The highest BCUT2D eigenvalue weighted by molar-refractivity contribution is 5.91. The van der Waals surface area contributed by atoms with Gasteiger partial charge in [0.15, 0.2) is 0 Å². The maximum atomic E-state index is 14.2. The molecule has 29 heavy (non-hydrogen) atoms. The first-order valence-electron chi connectivity index (χ1n) is 9.95. The molecule has 0 saturated heterocycles. The highest BCUT2D eigenvalue weighted by atomic mass is 19.1. The molecule has 0 unspecified atom stereocenters. The van der Waals surface area contributed by atoms with Crippen LogP contribution >= 0.6 is 0 Å². The Balaban J connectivity index is 1.65. The molecular weight excluding hydrogens is 375 g/mol. The summed E-state index contributed by atoms with van der Waals surface area (Å²) in [6.07, 6.45) is 2.55. The molecule has 1 heterocycles. The third kappa shape index (κ3) is 6.12. The fraction of sp³-hybridized carbons (Fsp3) is 0.476. The van der Waals surface area contributed by atoms with Gasteiger partial charge >= 0.3 is 5.97 Å². The van der Waals surface area contributed by atoms with Crippen LogP contribution in [0.5, 0.6) is 0 Å². The second-order valence-electron chi connectivity index (χ2n) is 7.32. The van der Waals surface area contributed by atoms with Gasteiger partial charge in [-0.1, -0.05) is 12.1 Å². The molecule has 1 aromatic carbocycles. The molecule has 2 aromatic rings. The fourth-order valence-corrected chi connectivity index (χ4v) is 3.16. The number of nitrogens with zero attached hydrogens (tertiary/aromatic N) is 3. The minimum absolute atomic E-state index is 0.150. The summed E-state index contributed by atoms with van der Waals surface area (Å²) in [4.78, 5) is 26.3. The van der Waals surface area contributed by atoms with Gasteiger partial charge in [-0.05, 0) is 44.7 Å². The highest BCUT2D eigenvalue weighted by Crippen LogP contribution is 2.29. The fourth-order valence-electron chi connectivity index (χ4n) is 3.16. The van der Waals surface area contributed by atoms with Crippen molar-refractivity contribution in [2.24, 2.45) is 5.92 Å². The number of ether oxygens (including phenoxy) is 1. The van der Waals surface area contributed by atoms with Crippen LogP contribution in [0.15, 0.2) is 30.3 Å². The van der Waals surface area contributed by atoms with Crippen LogP contribution in [0.4, 0.5) is 10.2 Å². The molecule has 1 saturated carbocycles. The lowest BCUT2D eigenvalue weighted by molar-refractivity contribution is -0.143. The molecule has 0 aliphatic heterocycles. The first-order chi connectivity index (χ1) is 14.0. The van der Waals surface area contributed by atoms with E-state index in [1.54, 1.807) is 38.1 Å². The van der Waals surface area contributed by atoms with Gasteiger partial charge in [-0.15, -0.1) is 0 Å². The van der Waals surface area contributed by atoms with E-state index in [2.05, 4.69) is 10.4 Å². The molecular formula is C21H27FN4O3. The zero-order valence-electron chi connectivity index (χ0n) is 16.9. The number of halogens is 1. The van der Waals surface area contributed by atoms with Crippen LogP contribution in [-0.4, -0.2) is 52.8 Å². The molecule has 1 aromatic heterocycles. The predicted octanol–water partition coefficient (Wildman–Crippen LogP) is 2.92. The van der Waals surface area contributed by atoms with Crippen LogP contribution < -0.4 is 5.32 Å². The van der Waals surface area contributed by atoms with E-state index >= 15 is 0 Å². The number of amides is 1. The van der Waals surface area contributed by atoms with E-state index in [1.807, 2.05) is 4.90 Å². The highest BCUT2D eigenvalue weighted by Gasteiger charge is 2.26. The number of rotatable bonds is 10. The molecule has 0 bridgehead atoms. The first-order valence-corrected chi connectivity index (χ1v) is 9.95. The number of aromatic nitrogens is 2. The summed E-state index contributed by atoms with van der Waals surface area (Å²) >= 11 is 0. The van der Waals surface area contributed by atoms with Gasteiger partial charge < -0.3 is 10.1 Å². The Hall–Kier alpha value is -2.74. The minimum atomic E-state index is -0.420. The van der Waals surface area contributed by atoms with E-state index in [4.69, 9.17) is 4.74 Å². The minimum Gasteiger partial charge on any atom is -0.466 e. The maximum absolute atomic E-state index is 14.2. The van der Waals surface area contributed by atoms with Crippen molar-refractivity contribution in [3.63, 3.8) is 0 Å². The number of aryl methyl sites for hydroxylation is 1. The number of nitrogens with one attached hydrogen (secondary N) is 1. The standard InChI is InChI=1S/C21H27FN4O3/c1-3-29-21(28)10-11-25(13-16-8-9-16)14-20(27)23-19-12-15(2)24-26(19)18-7-5-4-6-17(18)22/h4-7,12,16H,3,8-11,13-14H2,1-2H3,(H,23,27). The molecule has 1 amide bonds. The summed E-state index contributed by atoms with van der Waals surface area (Å²) in [7, 11) is 0. The SMILES string of the molecule is CCOC(=O)CCN(CC(=O)Nc1cc(C)nn1-c1ccccc1F)CC1CC1. The van der Waals surface area contributed by atoms with Crippen LogP contribution in [0.2, 0.25) is 0 Å². The first kappa shape index (κ1) is 21.0. The number of hydrogen-bond acceptors (Lipinski definition) is 5. The van der Waals surface area contributed by atoms with Crippen molar-refractivity contribution in [1.82, 2.24) is 14.7 Å². The van der Waals surface area contributed by atoms with Crippen molar-refractivity contribution in [2.75, 3.05) is 31.6 Å². The monoisotopic (exact) mass is 402 g/mol. The number of anilines is 1. The Morgan fingerprint density at radius 3 is 2.79 bits per heavy atom. The molecule has 1 fully saturated rings. The lowest BCUT2D eigenvalue weighted by Gasteiger charge is -2.21. The van der Waals surface area contributed by atoms with Crippen LogP contribution in [0, 0.1) is 18.7 Å². The van der Waals surface area contributed by atoms with E-state index < -0.39 is 5.82 Å². The van der Waals surface area contributed by atoms with Crippen molar-refractivity contribution in [3.8, 4) is 5.69 Å². The molecule has 0 atom stereocenters. The summed E-state index contributed by atoms with van der Waals surface area (Å²) in [6.45, 7) is 5.30. The predicted molar refractivity (Wildman–Crippen MR) is 107 cm³/mol. The number of benzene rings is 1. The molecule has 156 valence electrons. The van der Waals surface area contributed by atoms with Crippen molar-refractivity contribution in [3.05, 3.63) is 41.8 Å². The quantitative estimate of drug-likeness (QED) is 0.619. The van der Waals surface area contributed by atoms with Gasteiger partial charge in [0.2, 0.25) is 5.91 Å². The largest absolute Gasteiger partial charge is 0.466 e. The lowest BCUT2D eigenvalue weighted by atomic mass is 10.3. The Bertz CT molecular complexity index is 863. The van der Waals surface area contributed by atoms with Gasteiger partial charge in [0, 0.05) is 19.2 Å². The van der Waals surface area contributed by atoms with Gasteiger partial charge in [-0.25, -0.2) is 9.07 Å². The Kier molecular flexibility index (Phi) is 6.98. The molecule has 0 spiro atoms. The van der Waals surface area contributed by atoms with Crippen LogP contribution in [-0.2, 0) is 14.3 Å².